The van der Waals surface area contributed by atoms with Crippen LogP contribution in [0.3, 0.4) is 0 Å². The molecule has 7 nitrogen and oxygen atoms in total. The predicted molar refractivity (Wildman–Crippen MR) is 75.3 cm³/mol. The molecule has 1 aromatic carbocycles. The standard InChI is InChI=1S/C12H16N2O5S/c1-4-18-12(15)9(2)13-14-10-7-5-6-8-11(10)19-20(3,16)17/h5-8,14H,4H2,1-3H3/b13-9-. The quantitative estimate of drug-likeness (QED) is 0.369. The van der Waals surface area contributed by atoms with Gasteiger partial charge in [0.25, 0.3) is 0 Å². The first kappa shape index (κ1) is 16.0. The number of esters is 1. The summed E-state index contributed by atoms with van der Waals surface area (Å²) in [5.74, 6) is -0.461. The van der Waals surface area contributed by atoms with E-state index in [0.717, 1.165) is 6.26 Å². The van der Waals surface area contributed by atoms with Gasteiger partial charge in [-0.2, -0.15) is 13.5 Å². The Hall–Kier alpha value is -2.09. The van der Waals surface area contributed by atoms with Crippen LogP contribution in [0.5, 0.6) is 5.75 Å². The fraction of sp³-hybridized carbons (Fsp3) is 0.333. The largest absolute Gasteiger partial charge is 0.461 e. The van der Waals surface area contributed by atoms with Crippen molar-refractivity contribution in [3.63, 3.8) is 0 Å². The number of hydrazone groups is 1. The minimum atomic E-state index is -3.64. The van der Waals surface area contributed by atoms with E-state index in [1.165, 1.54) is 13.0 Å². The molecule has 0 bridgehead atoms. The summed E-state index contributed by atoms with van der Waals surface area (Å²) >= 11 is 0. The minimum Gasteiger partial charge on any atom is -0.461 e. The molecular formula is C12H16N2O5S. The topological polar surface area (TPSA) is 94.1 Å². The Morgan fingerprint density at radius 1 is 1.35 bits per heavy atom. The molecule has 110 valence electrons. The van der Waals surface area contributed by atoms with Crippen molar-refractivity contribution in [1.29, 1.82) is 0 Å². The van der Waals surface area contributed by atoms with Gasteiger partial charge < -0.3 is 8.92 Å². The van der Waals surface area contributed by atoms with Gasteiger partial charge in [-0.1, -0.05) is 12.1 Å². The second-order valence-corrected chi connectivity index (χ2v) is 5.39. The van der Waals surface area contributed by atoms with Gasteiger partial charge in [-0.3, -0.25) is 5.43 Å². The Balaban J connectivity index is 2.88. The number of nitrogens with one attached hydrogen (secondary N) is 1. The predicted octanol–water partition coefficient (Wildman–Crippen LogP) is 1.38. The number of nitrogens with zero attached hydrogens (tertiary/aromatic N) is 1. The monoisotopic (exact) mass is 300 g/mol. The molecule has 0 amide bonds. The number of carbonyl (C=O) groups is 1. The number of para-hydroxylation sites is 2. The van der Waals surface area contributed by atoms with E-state index in [1.54, 1.807) is 25.1 Å². The summed E-state index contributed by atoms with van der Waals surface area (Å²) in [6, 6.07) is 6.33. The molecule has 0 saturated carbocycles. The van der Waals surface area contributed by atoms with Crippen LogP contribution in [0.2, 0.25) is 0 Å². The van der Waals surface area contributed by atoms with E-state index in [1.807, 2.05) is 0 Å². The number of hydrogen-bond acceptors (Lipinski definition) is 7. The Bertz CT molecular complexity index is 610. The van der Waals surface area contributed by atoms with E-state index in [2.05, 4.69) is 10.5 Å². The zero-order chi connectivity index (χ0) is 15.2. The van der Waals surface area contributed by atoms with Crippen molar-refractivity contribution in [2.24, 2.45) is 5.10 Å². The highest BCUT2D eigenvalue weighted by atomic mass is 32.2. The fourth-order valence-electron chi connectivity index (χ4n) is 1.22. The molecule has 0 aliphatic heterocycles. The lowest BCUT2D eigenvalue weighted by atomic mass is 10.3. The summed E-state index contributed by atoms with van der Waals surface area (Å²) in [6.07, 6.45) is 0.941. The number of benzene rings is 1. The van der Waals surface area contributed by atoms with Crippen LogP contribution in [0.4, 0.5) is 5.69 Å². The van der Waals surface area contributed by atoms with Crippen LogP contribution in [-0.2, 0) is 19.6 Å². The van der Waals surface area contributed by atoms with E-state index < -0.39 is 16.1 Å². The van der Waals surface area contributed by atoms with E-state index in [-0.39, 0.29) is 18.1 Å². The van der Waals surface area contributed by atoms with Crippen molar-refractivity contribution in [3.05, 3.63) is 24.3 Å². The van der Waals surface area contributed by atoms with Crippen LogP contribution in [-0.4, -0.2) is 33.0 Å². The van der Waals surface area contributed by atoms with E-state index in [9.17, 15) is 13.2 Å². The molecule has 1 rings (SSSR count). The first-order valence-electron chi connectivity index (χ1n) is 5.79. The van der Waals surface area contributed by atoms with E-state index in [0.29, 0.717) is 5.69 Å². The molecule has 0 heterocycles. The summed E-state index contributed by atoms with van der Waals surface area (Å²) in [5.41, 5.74) is 3.01. The maximum absolute atomic E-state index is 11.4. The number of anilines is 1. The van der Waals surface area contributed by atoms with Crippen molar-refractivity contribution in [1.82, 2.24) is 0 Å². The number of ether oxygens (including phenoxy) is 1. The maximum atomic E-state index is 11.4. The average Bonchev–Trinajstić information content (AvgIpc) is 2.35. The van der Waals surface area contributed by atoms with Crippen LogP contribution >= 0.6 is 0 Å². The molecule has 8 heteroatoms. The highest BCUT2D eigenvalue weighted by molar-refractivity contribution is 7.86. The number of hydrogen-bond donors (Lipinski definition) is 1. The molecule has 0 saturated heterocycles. The zero-order valence-corrected chi connectivity index (χ0v) is 12.2. The Morgan fingerprint density at radius 3 is 2.60 bits per heavy atom. The van der Waals surface area contributed by atoms with Gasteiger partial charge in [0.15, 0.2) is 5.75 Å². The van der Waals surface area contributed by atoms with Gasteiger partial charge in [-0.15, -0.1) is 0 Å². The van der Waals surface area contributed by atoms with Crippen LogP contribution in [0.15, 0.2) is 29.4 Å². The van der Waals surface area contributed by atoms with Crippen LogP contribution in [0.1, 0.15) is 13.8 Å². The first-order chi connectivity index (χ1) is 9.33. The van der Waals surface area contributed by atoms with Gasteiger partial charge in [-0.25, -0.2) is 4.79 Å². The first-order valence-corrected chi connectivity index (χ1v) is 7.61. The molecule has 1 aromatic rings. The fourth-order valence-corrected chi connectivity index (χ4v) is 1.69. The lowest BCUT2D eigenvalue weighted by molar-refractivity contribution is -0.135. The van der Waals surface area contributed by atoms with Gasteiger partial charge >= 0.3 is 16.1 Å². The third-order valence-electron chi connectivity index (χ3n) is 2.04. The van der Waals surface area contributed by atoms with Crippen molar-refractivity contribution in [3.8, 4) is 5.75 Å². The van der Waals surface area contributed by atoms with Gasteiger partial charge in [0.05, 0.1) is 18.6 Å². The third-order valence-corrected chi connectivity index (χ3v) is 2.53. The molecule has 0 radical (unpaired) electrons. The summed E-state index contributed by atoms with van der Waals surface area (Å²) in [6.45, 7) is 3.42. The molecule has 20 heavy (non-hydrogen) atoms. The lowest BCUT2D eigenvalue weighted by Crippen LogP contribution is -2.15. The highest BCUT2D eigenvalue weighted by Gasteiger charge is 2.10. The summed E-state index contributed by atoms with van der Waals surface area (Å²) in [7, 11) is -3.64. The van der Waals surface area contributed by atoms with Crippen molar-refractivity contribution in [2.45, 2.75) is 13.8 Å². The van der Waals surface area contributed by atoms with Gasteiger partial charge in [0, 0.05) is 0 Å². The molecule has 0 aliphatic rings. The minimum absolute atomic E-state index is 0.0930. The van der Waals surface area contributed by atoms with Gasteiger partial charge in [0.2, 0.25) is 0 Å². The summed E-state index contributed by atoms with van der Waals surface area (Å²) in [5, 5.41) is 3.82. The molecule has 0 fully saturated rings. The van der Waals surface area contributed by atoms with Crippen LogP contribution < -0.4 is 9.61 Å². The Kier molecular flexibility index (Phi) is 5.51. The molecule has 0 aliphatic carbocycles. The van der Waals surface area contributed by atoms with E-state index in [4.69, 9.17) is 8.92 Å². The Labute approximate surface area is 117 Å². The van der Waals surface area contributed by atoms with Crippen LogP contribution in [0.25, 0.3) is 0 Å². The molecule has 0 spiro atoms. The highest BCUT2D eigenvalue weighted by Crippen LogP contribution is 2.24. The van der Waals surface area contributed by atoms with Gasteiger partial charge in [0.1, 0.15) is 5.71 Å². The molecule has 1 N–H and O–H groups in total. The molecular weight excluding hydrogens is 284 g/mol. The van der Waals surface area contributed by atoms with Crippen molar-refractivity contribution in [2.75, 3.05) is 18.3 Å². The molecule has 0 atom stereocenters. The van der Waals surface area contributed by atoms with Gasteiger partial charge in [-0.05, 0) is 26.0 Å². The van der Waals surface area contributed by atoms with Crippen LogP contribution in [0, 0.1) is 0 Å². The SMILES string of the molecule is CCOC(=O)/C(C)=N\Nc1ccccc1OS(C)(=O)=O. The summed E-state index contributed by atoms with van der Waals surface area (Å²) in [4.78, 5) is 11.4. The maximum Gasteiger partial charge on any atom is 0.354 e. The second-order valence-electron chi connectivity index (χ2n) is 3.81. The second kappa shape index (κ2) is 6.90. The summed E-state index contributed by atoms with van der Waals surface area (Å²) < 4.78 is 31.8. The smallest absolute Gasteiger partial charge is 0.354 e. The number of carbonyl (C=O) groups excluding carboxylic acids is 1. The normalized spacial score (nSPS) is 11.8. The molecule has 0 unspecified atom stereocenters. The molecule has 0 aromatic heterocycles. The third kappa shape index (κ3) is 5.27. The van der Waals surface area contributed by atoms with Crippen molar-refractivity contribution < 1.29 is 22.1 Å². The number of rotatable bonds is 6. The lowest BCUT2D eigenvalue weighted by Gasteiger charge is -2.09. The Morgan fingerprint density at radius 2 is 2.00 bits per heavy atom. The van der Waals surface area contributed by atoms with Crippen molar-refractivity contribution >= 4 is 27.5 Å². The van der Waals surface area contributed by atoms with E-state index >= 15 is 0 Å². The average molecular weight is 300 g/mol. The zero-order valence-electron chi connectivity index (χ0n) is 11.4.